The molecule has 1 aromatic heterocycles. The summed E-state index contributed by atoms with van der Waals surface area (Å²) >= 11 is 1.97. The lowest BCUT2D eigenvalue weighted by Crippen LogP contribution is -1.93. The van der Waals surface area contributed by atoms with Crippen molar-refractivity contribution in [3.8, 4) is 11.4 Å². The van der Waals surface area contributed by atoms with E-state index in [-0.39, 0.29) is 0 Å². The lowest BCUT2D eigenvalue weighted by Gasteiger charge is -2.05. The average molecular weight is 385 g/mol. The van der Waals surface area contributed by atoms with Gasteiger partial charge in [0.25, 0.3) is 0 Å². The third kappa shape index (κ3) is 8.92. The van der Waals surface area contributed by atoms with E-state index >= 15 is 0 Å². The van der Waals surface area contributed by atoms with Crippen LogP contribution in [0.25, 0.3) is 11.4 Å². The van der Waals surface area contributed by atoms with Crippen molar-refractivity contribution in [1.82, 2.24) is 9.97 Å². The number of aryl methyl sites for hydroxylation is 1. The van der Waals surface area contributed by atoms with E-state index in [2.05, 4.69) is 48.1 Å². The maximum Gasteiger partial charge on any atom is 0.159 e. The lowest BCUT2D eigenvalue weighted by molar-refractivity contribution is 0.603. The molecule has 2 aromatic rings. The first-order chi connectivity index (χ1) is 13.3. The molecule has 1 aromatic carbocycles. The quantitative estimate of drug-likeness (QED) is 0.246. The summed E-state index contributed by atoms with van der Waals surface area (Å²) in [5.41, 5.74) is 2.35. The van der Waals surface area contributed by atoms with Crippen molar-refractivity contribution in [1.29, 1.82) is 0 Å². The minimum atomic E-state index is 0.831. The summed E-state index contributed by atoms with van der Waals surface area (Å²) in [6.45, 7) is 4.51. The SMILES string of the molecule is CCCCCCCCCSc1ccc(-c2ncc(CCCCC)cn2)cc1. The third-order valence-corrected chi connectivity index (χ3v) is 6.00. The highest BCUT2D eigenvalue weighted by molar-refractivity contribution is 7.99. The number of thioether (sulfide) groups is 1. The molecule has 0 N–H and O–H groups in total. The number of aromatic nitrogens is 2. The van der Waals surface area contributed by atoms with E-state index in [0.717, 1.165) is 17.8 Å². The summed E-state index contributed by atoms with van der Waals surface area (Å²) in [6, 6.07) is 8.72. The van der Waals surface area contributed by atoms with Gasteiger partial charge in [0, 0.05) is 22.9 Å². The first-order valence-electron chi connectivity index (χ1n) is 10.9. The van der Waals surface area contributed by atoms with Crippen molar-refractivity contribution in [3.63, 3.8) is 0 Å². The van der Waals surface area contributed by atoms with E-state index in [1.165, 1.54) is 80.4 Å². The number of unbranched alkanes of at least 4 members (excludes halogenated alkanes) is 8. The Bertz CT molecular complexity index is 607. The fourth-order valence-electron chi connectivity index (χ4n) is 3.16. The molecule has 0 radical (unpaired) electrons. The fourth-order valence-corrected chi connectivity index (χ4v) is 4.07. The van der Waals surface area contributed by atoms with E-state index in [1.807, 2.05) is 24.2 Å². The molecule has 148 valence electrons. The second-order valence-electron chi connectivity index (χ2n) is 7.37. The zero-order chi connectivity index (χ0) is 19.2. The molecule has 0 amide bonds. The van der Waals surface area contributed by atoms with Crippen LogP contribution >= 0.6 is 11.8 Å². The smallest absolute Gasteiger partial charge is 0.159 e. The number of hydrogen-bond acceptors (Lipinski definition) is 3. The molecule has 0 aliphatic heterocycles. The van der Waals surface area contributed by atoms with Gasteiger partial charge in [-0.3, -0.25) is 0 Å². The average Bonchev–Trinajstić information content (AvgIpc) is 2.71. The Balaban J connectivity index is 1.70. The molecular formula is C24H36N2S. The van der Waals surface area contributed by atoms with Gasteiger partial charge in [-0.1, -0.05) is 77.3 Å². The third-order valence-electron chi connectivity index (χ3n) is 4.90. The van der Waals surface area contributed by atoms with Gasteiger partial charge in [0.1, 0.15) is 0 Å². The summed E-state index contributed by atoms with van der Waals surface area (Å²) < 4.78 is 0. The summed E-state index contributed by atoms with van der Waals surface area (Å²) in [6.07, 6.45) is 18.4. The van der Waals surface area contributed by atoms with Crippen LogP contribution in [0.4, 0.5) is 0 Å². The molecule has 0 unspecified atom stereocenters. The Morgan fingerprint density at radius 3 is 1.96 bits per heavy atom. The number of benzene rings is 1. The predicted molar refractivity (Wildman–Crippen MR) is 119 cm³/mol. The van der Waals surface area contributed by atoms with Crippen LogP contribution in [-0.4, -0.2) is 15.7 Å². The van der Waals surface area contributed by atoms with E-state index in [1.54, 1.807) is 0 Å². The minimum absolute atomic E-state index is 0.831. The second-order valence-corrected chi connectivity index (χ2v) is 8.53. The molecule has 3 heteroatoms. The molecule has 0 bridgehead atoms. The van der Waals surface area contributed by atoms with Gasteiger partial charge in [-0.15, -0.1) is 11.8 Å². The molecule has 0 saturated heterocycles. The molecule has 2 rings (SSSR count). The van der Waals surface area contributed by atoms with Crippen LogP contribution in [0.2, 0.25) is 0 Å². The Kier molecular flexibility index (Phi) is 11.2. The molecule has 27 heavy (non-hydrogen) atoms. The predicted octanol–water partition coefficient (Wildman–Crippen LogP) is 7.72. The number of rotatable bonds is 14. The summed E-state index contributed by atoms with van der Waals surface area (Å²) in [7, 11) is 0. The second kappa shape index (κ2) is 13.8. The van der Waals surface area contributed by atoms with Crippen molar-refractivity contribution < 1.29 is 0 Å². The van der Waals surface area contributed by atoms with Gasteiger partial charge in [0.15, 0.2) is 5.82 Å². The van der Waals surface area contributed by atoms with Crippen molar-refractivity contribution >= 4 is 11.8 Å². The van der Waals surface area contributed by atoms with Crippen LogP contribution in [0.3, 0.4) is 0 Å². The Morgan fingerprint density at radius 1 is 0.704 bits per heavy atom. The van der Waals surface area contributed by atoms with Crippen molar-refractivity contribution in [2.24, 2.45) is 0 Å². The van der Waals surface area contributed by atoms with Crippen LogP contribution in [-0.2, 0) is 6.42 Å². The summed E-state index contributed by atoms with van der Waals surface area (Å²) in [4.78, 5) is 10.5. The molecule has 2 nitrogen and oxygen atoms in total. The van der Waals surface area contributed by atoms with E-state index in [0.29, 0.717) is 0 Å². The molecule has 0 aliphatic carbocycles. The van der Waals surface area contributed by atoms with Crippen molar-refractivity contribution in [3.05, 3.63) is 42.2 Å². The Hall–Kier alpha value is -1.35. The first-order valence-corrected chi connectivity index (χ1v) is 11.9. The Morgan fingerprint density at radius 2 is 1.30 bits per heavy atom. The largest absolute Gasteiger partial charge is 0.236 e. The summed E-state index contributed by atoms with van der Waals surface area (Å²) in [5.74, 6) is 2.05. The van der Waals surface area contributed by atoms with Gasteiger partial charge in [0.2, 0.25) is 0 Å². The lowest BCUT2D eigenvalue weighted by atomic mass is 10.1. The molecule has 0 saturated carbocycles. The standard InChI is InChI=1S/C24H36N2S/c1-3-5-7-8-9-10-12-18-27-23-16-14-22(15-17-23)24-25-19-21(20-26-24)13-11-6-4-2/h14-17,19-20H,3-13,18H2,1-2H3. The molecular weight excluding hydrogens is 348 g/mol. The topological polar surface area (TPSA) is 25.8 Å². The number of hydrogen-bond donors (Lipinski definition) is 0. The fraction of sp³-hybridized carbons (Fsp3) is 0.583. The van der Waals surface area contributed by atoms with E-state index < -0.39 is 0 Å². The normalized spacial score (nSPS) is 11.0. The van der Waals surface area contributed by atoms with Crippen LogP contribution < -0.4 is 0 Å². The highest BCUT2D eigenvalue weighted by atomic mass is 32.2. The van der Waals surface area contributed by atoms with E-state index in [4.69, 9.17) is 0 Å². The highest BCUT2D eigenvalue weighted by Gasteiger charge is 2.03. The number of nitrogens with zero attached hydrogens (tertiary/aromatic N) is 2. The van der Waals surface area contributed by atoms with Crippen molar-refractivity contribution in [2.75, 3.05) is 5.75 Å². The Labute approximate surface area is 170 Å². The first kappa shape index (κ1) is 21.9. The van der Waals surface area contributed by atoms with Gasteiger partial charge >= 0.3 is 0 Å². The highest BCUT2D eigenvalue weighted by Crippen LogP contribution is 2.23. The molecule has 0 atom stereocenters. The van der Waals surface area contributed by atoms with Crippen LogP contribution in [0.5, 0.6) is 0 Å². The molecule has 1 heterocycles. The zero-order valence-corrected chi connectivity index (χ0v) is 18.1. The molecule has 0 aliphatic rings. The molecule has 0 spiro atoms. The van der Waals surface area contributed by atoms with Crippen LogP contribution in [0.1, 0.15) is 83.6 Å². The van der Waals surface area contributed by atoms with Gasteiger partial charge in [-0.05, 0) is 42.7 Å². The molecule has 0 fully saturated rings. The monoisotopic (exact) mass is 384 g/mol. The summed E-state index contributed by atoms with van der Waals surface area (Å²) in [5, 5.41) is 0. The van der Waals surface area contributed by atoms with Crippen LogP contribution in [0, 0.1) is 0 Å². The maximum absolute atomic E-state index is 4.56. The van der Waals surface area contributed by atoms with Gasteiger partial charge in [-0.2, -0.15) is 0 Å². The van der Waals surface area contributed by atoms with Gasteiger partial charge < -0.3 is 0 Å². The zero-order valence-electron chi connectivity index (χ0n) is 17.3. The van der Waals surface area contributed by atoms with Crippen molar-refractivity contribution in [2.45, 2.75) is 89.4 Å². The maximum atomic E-state index is 4.56. The van der Waals surface area contributed by atoms with E-state index in [9.17, 15) is 0 Å². The minimum Gasteiger partial charge on any atom is -0.236 e. The van der Waals surface area contributed by atoms with Gasteiger partial charge in [-0.25, -0.2) is 9.97 Å². The van der Waals surface area contributed by atoms with Gasteiger partial charge in [0.05, 0.1) is 0 Å². The van der Waals surface area contributed by atoms with Crippen LogP contribution in [0.15, 0.2) is 41.6 Å².